The largest absolute Gasteiger partial charge is 0.464 e. The molecular formula is C6H9O2. The molecule has 0 amide bonds. The first-order valence-electron chi connectivity index (χ1n) is 2.41. The van der Waals surface area contributed by atoms with Gasteiger partial charge >= 0.3 is 0 Å². The molecular weight excluding hydrogens is 104 g/mol. The molecule has 1 radical (unpaired) electrons. The van der Waals surface area contributed by atoms with E-state index in [4.69, 9.17) is 0 Å². The summed E-state index contributed by atoms with van der Waals surface area (Å²) in [6.07, 6.45) is 4.33. The first-order chi connectivity index (χ1) is 3.91. The Balaban J connectivity index is 2.90. The Morgan fingerprint density at radius 3 is 2.75 bits per heavy atom. The number of hydrogen-bond acceptors (Lipinski definition) is 2. The molecule has 0 aromatic heterocycles. The lowest BCUT2D eigenvalue weighted by Crippen LogP contribution is -1.84. The lowest BCUT2D eigenvalue weighted by Gasteiger charge is -1.85. The third-order valence-electron chi connectivity index (χ3n) is 0.594. The maximum atomic E-state index is 9.50. The molecule has 0 aromatic carbocycles. The van der Waals surface area contributed by atoms with Crippen LogP contribution in [0.25, 0.3) is 0 Å². The first kappa shape index (κ1) is 7.21. The maximum Gasteiger partial charge on any atom is 0.293 e. The highest BCUT2D eigenvalue weighted by Gasteiger charge is 1.71. The topological polar surface area (TPSA) is 26.3 Å². The van der Waals surface area contributed by atoms with Gasteiger partial charge in [0, 0.05) is 0 Å². The summed E-state index contributed by atoms with van der Waals surface area (Å²) in [4.78, 5) is 9.50. The van der Waals surface area contributed by atoms with E-state index in [9.17, 15) is 4.79 Å². The van der Waals surface area contributed by atoms with Crippen molar-refractivity contribution < 1.29 is 9.53 Å². The van der Waals surface area contributed by atoms with Crippen LogP contribution in [0.3, 0.4) is 0 Å². The van der Waals surface area contributed by atoms with Gasteiger partial charge in [0.05, 0.1) is 0 Å². The van der Waals surface area contributed by atoms with Gasteiger partial charge in [-0.05, 0) is 13.3 Å². The van der Waals surface area contributed by atoms with Crippen LogP contribution < -0.4 is 0 Å². The minimum Gasteiger partial charge on any atom is -0.464 e. The highest BCUT2D eigenvalue weighted by atomic mass is 16.5. The molecule has 0 aliphatic carbocycles. The Hall–Kier alpha value is -0.790. The molecule has 0 atom stereocenters. The monoisotopic (exact) mass is 113 g/mol. The van der Waals surface area contributed by atoms with Crippen LogP contribution in [0.15, 0.2) is 12.2 Å². The summed E-state index contributed by atoms with van der Waals surface area (Å²) < 4.78 is 4.34. The van der Waals surface area contributed by atoms with Gasteiger partial charge in [0.15, 0.2) is 0 Å². The Morgan fingerprint density at radius 1 is 1.50 bits per heavy atom. The van der Waals surface area contributed by atoms with Crippen LogP contribution in [0.4, 0.5) is 0 Å². The number of carbonyl (C=O) groups excluding carboxylic acids is 1. The highest BCUT2D eigenvalue weighted by Crippen LogP contribution is 1.77. The summed E-state index contributed by atoms with van der Waals surface area (Å²) in [5, 5.41) is 0. The second-order valence-electron chi connectivity index (χ2n) is 1.19. The number of hydrogen-bond donors (Lipinski definition) is 0. The van der Waals surface area contributed by atoms with Gasteiger partial charge in [-0.3, -0.25) is 4.79 Å². The van der Waals surface area contributed by atoms with Crippen molar-refractivity contribution in [1.82, 2.24) is 0 Å². The van der Waals surface area contributed by atoms with E-state index in [0.29, 0.717) is 13.1 Å². The smallest absolute Gasteiger partial charge is 0.293 e. The average Bonchev–Trinajstić information content (AvgIpc) is 1.81. The Labute approximate surface area is 49.1 Å². The summed E-state index contributed by atoms with van der Waals surface area (Å²) in [6.45, 7) is 4.34. The van der Waals surface area contributed by atoms with Crippen molar-refractivity contribution in [2.24, 2.45) is 0 Å². The number of allylic oxidation sites excluding steroid dienone is 1. The SMILES string of the molecule is [CH2]CC=CCOC=O. The minimum atomic E-state index is 0.360. The Kier molecular flexibility index (Phi) is 5.60. The lowest BCUT2D eigenvalue weighted by atomic mass is 10.4. The average molecular weight is 113 g/mol. The van der Waals surface area contributed by atoms with Crippen LogP contribution in [0.5, 0.6) is 0 Å². The van der Waals surface area contributed by atoms with Crippen molar-refractivity contribution in [1.29, 1.82) is 0 Å². The molecule has 0 spiro atoms. The second kappa shape index (κ2) is 6.21. The summed E-state index contributed by atoms with van der Waals surface area (Å²) in [5.41, 5.74) is 0. The molecule has 0 heterocycles. The van der Waals surface area contributed by atoms with Gasteiger partial charge in [0.2, 0.25) is 0 Å². The predicted molar refractivity (Wildman–Crippen MR) is 31.1 cm³/mol. The van der Waals surface area contributed by atoms with Crippen LogP contribution in [0, 0.1) is 6.92 Å². The van der Waals surface area contributed by atoms with Crippen LogP contribution in [-0.2, 0) is 9.53 Å². The van der Waals surface area contributed by atoms with Gasteiger partial charge in [-0.2, -0.15) is 0 Å². The maximum absolute atomic E-state index is 9.50. The fourth-order valence-corrected chi connectivity index (χ4v) is 0.281. The van der Waals surface area contributed by atoms with Gasteiger partial charge in [-0.15, -0.1) is 0 Å². The molecule has 2 nitrogen and oxygen atoms in total. The molecule has 0 unspecified atom stereocenters. The molecule has 2 heteroatoms. The van der Waals surface area contributed by atoms with Gasteiger partial charge < -0.3 is 4.74 Å². The van der Waals surface area contributed by atoms with Crippen molar-refractivity contribution in [2.45, 2.75) is 6.42 Å². The van der Waals surface area contributed by atoms with Gasteiger partial charge in [-0.25, -0.2) is 0 Å². The van der Waals surface area contributed by atoms with E-state index in [-0.39, 0.29) is 0 Å². The normalized spacial score (nSPS) is 9.62. The van der Waals surface area contributed by atoms with Gasteiger partial charge in [0.1, 0.15) is 6.61 Å². The zero-order chi connectivity index (χ0) is 6.24. The summed E-state index contributed by atoms with van der Waals surface area (Å²) in [5.74, 6) is 0. The molecule has 0 N–H and O–H groups in total. The van der Waals surface area contributed by atoms with Gasteiger partial charge in [-0.1, -0.05) is 12.2 Å². The molecule has 8 heavy (non-hydrogen) atoms. The number of rotatable bonds is 4. The van der Waals surface area contributed by atoms with E-state index >= 15 is 0 Å². The first-order valence-corrected chi connectivity index (χ1v) is 2.41. The van der Waals surface area contributed by atoms with Crippen molar-refractivity contribution in [3.05, 3.63) is 19.1 Å². The van der Waals surface area contributed by atoms with E-state index in [1.165, 1.54) is 0 Å². The van der Waals surface area contributed by atoms with E-state index in [1.807, 2.05) is 6.08 Å². The van der Waals surface area contributed by atoms with E-state index in [2.05, 4.69) is 11.7 Å². The third kappa shape index (κ3) is 5.21. The lowest BCUT2D eigenvalue weighted by molar-refractivity contribution is -0.127. The third-order valence-corrected chi connectivity index (χ3v) is 0.594. The molecule has 0 aliphatic rings. The van der Waals surface area contributed by atoms with Crippen LogP contribution in [0.1, 0.15) is 6.42 Å². The molecule has 0 saturated carbocycles. The standard InChI is InChI=1S/C6H9O2/c1-2-3-4-5-8-6-7/h3-4,6H,1-2,5H2. The van der Waals surface area contributed by atoms with Crippen LogP contribution in [0.2, 0.25) is 0 Å². The second-order valence-corrected chi connectivity index (χ2v) is 1.19. The summed E-state index contributed by atoms with van der Waals surface area (Å²) in [7, 11) is 0. The fraction of sp³-hybridized carbons (Fsp3) is 0.333. The summed E-state index contributed by atoms with van der Waals surface area (Å²) in [6, 6.07) is 0. The van der Waals surface area contributed by atoms with Crippen molar-refractivity contribution >= 4 is 6.47 Å². The quantitative estimate of drug-likeness (QED) is 0.308. The van der Waals surface area contributed by atoms with Crippen molar-refractivity contribution in [3.8, 4) is 0 Å². The van der Waals surface area contributed by atoms with Gasteiger partial charge in [0.25, 0.3) is 6.47 Å². The highest BCUT2D eigenvalue weighted by molar-refractivity contribution is 5.37. The molecule has 0 rings (SSSR count). The van der Waals surface area contributed by atoms with E-state index in [1.54, 1.807) is 6.08 Å². The zero-order valence-electron chi connectivity index (χ0n) is 4.67. The number of ether oxygens (including phenoxy) is 1. The molecule has 45 valence electrons. The number of carbonyl (C=O) groups is 1. The molecule has 0 aromatic rings. The fourth-order valence-electron chi connectivity index (χ4n) is 0.281. The van der Waals surface area contributed by atoms with Crippen molar-refractivity contribution in [3.63, 3.8) is 0 Å². The predicted octanol–water partition coefficient (Wildman–Crippen LogP) is 0.940. The Morgan fingerprint density at radius 2 is 2.25 bits per heavy atom. The van der Waals surface area contributed by atoms with E-state index < -0.39 is 0 Å². The molecule has 0 bridgehead atoms. The van der Waals surface area contributed by atoms with Crippen molar-refractivity contribution in [2.75, 3.05) is 6.61 Å². The zero-order valence-corrected chi connectivity index (χ0v) is 4.67. The van der Waals surface area contributed by atoms with Crippen LogP contribution >= 0.6 is 0 Å². The molecule has 0 fully saturated rings. The van der Waals surface area contributed by atoms with Crippen LogP contribution in [-0.4, -0.2) is 13.1 Å². The molecule has 0 aliphatic heterocycles. The Bertz CT molecular complexity index is 76.6. The molecule has 0 saturated heterocycles. The van der Waals surface area contributed by atoms with E-state index in [0.717, 1.165) is 6.42 Å². The summed E-state index contributed by atoms with van der Waals surface area (Å²) >= 11 is 0. The minimum absolute atomic E-state index is 0.360.